The van der Waals surface area contributed by atoms with E-state index in [0.717, 1.165) is 12.8 Å². The molecular formula is C12H20N2O. The van der Waals surface area contributed by atoms with Crippen molar-refractivity contribution in [3.63, 3.8) is 0 Å². The molecule has 84 valence electrons. The first-order valence-corrected chi connectivity index (χ1v) is 5.41. The van der Waals surface area contributed by atoms with E-state index in [1.54, 1.807) is 7.11 Å². The number of pyridine rings is 1. The second-order valence-electron chi connectivity index (χ2n) is 3.96. The summed E-state index contributed by atoms with van der Waals surface area (Å²) in [5, 5.41) is 0. The van der Waals surface area contributed by atoms with Crippen LogP contribution in [0.1, 0.15) is 25.8 Å². The molecular weight excluding hydrogens is 188 g/mol. The molecule has 0 radical (unpaired) electrons. The van der Waals surface area contributed by atoms with Gasteiger partial charge in [-0.05, 0) is 17.9 Å². The lowest BCUT2D eigenvalue weighted by molar-refractivity contribution is 0.396. The van der Waals surface area contributed by atoms with Crippen LogP contribution in [-0.4, -0.2) is 18.1 Å². The van der Waals surface area contributed by atoms with Gasteiger partial charge in [0, 0.05) is 18.3 Å². The number of ether oxygens (including phenoxy) is 1. The van der Waals surface area contributed by atoms with Crippen molar-refractivity contribution in [1.82, 2.24) is 4.98 Å². The Labute approximate surface area is 91.7 Å². The third-order valence-corrected chi connectivity index (χ3v) is 2.85. The topological polar surface area (TPSA) is 48.1 Å². The highest BCUT2D eigenvalue weighted by Crippen LogP contribution is 2.13. The van der Waals surface area contributed by atoms with Crippen LogP contribution in [0.25, 0.3) is 0 Å². The van der Waals surface area contributed by atoms with E-state index in [1.165, 1.54) is 5.56 Å². The molecule has 1 aromatic rings. The predicted octanol–water partition coefficient (Wildman–Crippen LogP) is 2.01. The molecule has 3 heteroatoms. The molecule has 0 aromatic carbocycles. The maximum atomic E-state index is 6.07. The first-order chi connectivity index (χ1) is 7.17. The Hall–Kier alpha value is -1.09. The number of hydrogen-bond donors (Lipinski definition) is 1. The summed E-state index contributed by atoms with van der Waals surface area (Å²) in [6, 6.07) is 4.11. The largest absolute Gasteiger partial charge is 0.481 e. The van der Waals surface area contributed by atoms with Crippen LogP contribution in [-0.2, 0) is 6.42 Å². The number of nitrogens with zero attached hydrogens (tertiary/aromatic N) is 1. The summed E-state index contributed by atoms with van der Waals surface area (Å²) in [4.78, 5) is 4.16. The van der Waals surface area contributed by atoms with Gasteiger partial charge < -0.3 is 10.5 Å². The normalized spacial score (nSPS) is 14.7. The number of nitrogens with two attached hydrogens (primary N) is 1. The predicted molar refractivity (Wildman–Crippen MR) is 61.9 cm³/mol. The van der Waals surface area contributed by atoms with E-state index in [9.17, 15) is 0 Å². The highest BCUT2D eigenvalue weighted by atomic mass is 16.5. The minimum Gasteiger partial charge on any atom is -0.481 e. The number of hydrogen-bond acceptors (Lipinski definition) is 3. The molecule has 1 rings (SSSR count). The molecule has 2 atom stereocenters. The number of methoxy groups -OCH3 is 1. The van der Waals surface area contributed by atoms with Crippen LogP contribution < -0.4 is 10.5 Å². The maximum Gasteiger partial charge on any atom is 0.212 e. The summed E-state index contributed by atoms with van der Waals surface area (Å²) in [5.41, 5.74) is 7.24. The minimum absolute atomic E-state index is 0.213. The van der Waals surface area contributed by atoms with E-state index in [4.69, 9.17) is 10.5 Å². The van der Waals surface area contributed by atoms with Crippen molar-refractivity contribution < 1.29 is 4.74 Å². The zero-order chi connectivity index (χ0) is 11.3. The molecule has 0 fully saturated rings. The highest BCUT2D eigenvalue weighted by Gasteiger charge is 2.11. The lowest BCUT2D eigenvalue weighted by Crippen LogP contribution is -2.30. The highest BCUT2D eigenvalue weighted by molar-refractivity contribution is 5.18. The smallest absolute Gasteiger partial charge is 0.212 e. The molecule has 15 heavy (non-hydrogen) atoms. The number of rotatable bonds is 5. The SMILES string of the molecule is CCC(C)C(N)Cc1ccc(OC)nc1. The van der Waals surface area contributed by atoms with Crippen LogP contribution in [0, 0.1) is 5.92 Å². The summed E-state index contributed by atoms with van der Waals surface area (Å²) < 4.78 is 5.00. The lowest BCUT2D eigenvalue weighted by Gasteiger charge is -2.17. The summed E-state index contributed by atoms with van der Waals surface area (Å²) in [6.45, 7) is 4.35. The first-order valence-electron chi connectivity index (χ1n) is 5.41. The van der Waals surface area contributed by atoms with Crippen molar-refractivity contribution in [1.29, 1.82) is 0 Å². The Morgan fingerprint density at radius 3 is 2.67 bits per heavy atom. The second kappa shape index (κ2) is 5.71. The van der Waals surface area contributed by atoms with Gasteiger partial charge in [-0.15, -0.1) is 0 Å². The Morgan fingerprint density at radius 1 is 1.47 bits per heavy atom. The Morgan fingerprint density at radius 2 is 2.20 bits per heavy atom. The van der Waals surface area contributed by atoms with Gasteiger partial charge in [0.25, 0.3) is 0 Å². The van der Waals surface area contributed by atoms with E-state index in [0.29, 0.717) is 11.8 Å². The monoisotopic (exact) mass is 208 g/mol. The van der Waals surface area contributed by atoms with Crippen molar-refractivity contribution in [3.05, 3.63) is 23.9 Å². The molecule has 0 aliphatic rings. The van der Waals surface area contributed by atoms with Crippen LogP contribution in [0.2, 0.25) is 0 Å². The fourth-order valence-corrected chi connectivity index (χ4v) is 1.43. The molecule has 0 aliphatic heterocycles. The van der Waals surface area contributed by atoms with Gasteiger partial charge in [-0.1, -0.05) is 26.3 Å². The maximum absolute atomic E-state index is 6.07. The van der Waals surface area contributed by atoms with Crippen LogP contribution >= 0.6 is 0 Å². The summed E-state index contributed by atoms with van der Waals surface area (Å²) in [7, 11) is 1.62. The lowest BCUT2D eigenvalue weighted by atomic mass is 9.94. The summed E-state index contributed by atoms with van der Waals surface area (Å²) in [6.07, 6.45) is 3.83. The molecule has 0 aliphatic carbocycles. The summed E-state index contributed by atoms with van der Waals surface area (Å²) >= 11 is 0. The zero-order valence-electron chi connectivity index (χ0n) is 9.73. The van der Waals surface area contributed by atoms with Gasteiger partial charge in [-0.25, -0.2) is 4.98 Å². The Kier molecular flexibility index (Phi) is 4.56. The van der Waals surface area contributed by atoms with Crippen molar-refractivity contribution in [2.45, 2.75) is 32.7 Å². The van der Waals surface area contributed by atoms with Crippen LogP contribution in [0.3, 0.4) is 0 Å². The second-order valence-corrected chi connectivity index (χ2v) is 3.96. The standard InChI is InChI=1S/C12H20N2O/c1-4-9(2)11(13)7-10-5-6-12(15-3)14-8-10/h5-6,8-9,11H,4,7,13H2,1-3H3. The quantitative estimate of drug-likeness (QED) is 0.805. The van der Waals surface area contributed by atoms with Gasteiger partial charge in [0.15, 0.2) is 0 Å². The average Bonchev–Trinajstić information content (AvgIpc) is 2.29. The number of aromatic nitrogens is 1. The van der Waals surface area contributed by atoms with E-state index in [2.05, 4.69) is 18.8 Å². The van der Waals surface area contributed by atoms with Crippen molar-refractivity contribution in [2.75, 3.05) is 7.11 Å². The molecule has 1 aromatic heterocycles. The van der Waals surface area contributed by atoms with Crippen molar-refractivity contribution in [3.8, 4) is 5.88 Å². The molecule has 0 spiro atoms. The van der Waals surface area contributed by atoms with Gasteiger partial charge in [0.1, 0.15) is 0 Å². The molecule has 0 amide bonds. The van der Waals surface area contributed by atoms with Crippen LogP contribution in [0.5, 0.6) is 5.88 Å². The van der Waals surface area contributed by atoms with Crippen molar-refractivity contribution >= 4 is 0 Å². The molecule has 1 heterocycles. The third kappa shape index (κ3) is 3.51. The van der Waals surface area contributed by atoms with E-state index in [-0.39, 0.29) is 6.04 Å². The molecule has 0 saturated heterocycles. The van der Waals surface area contributed by atoms with Gasteiger partial charge >= 0.3 is 0 Å². The first kappa shape index (κ1) is 12.0. The van der Waals surface area contributed by atoms with Crippen LogP contribution in [0.15, 0.2) is 18.3 Å². The molecule has 2 N–H and O–H groups in total. The van der Waals surface area contributed by atoms with E-state index < -0.39 is 0 Å². The van der Waals surface area contributed by atoms with Gasteiger partial charge in [-0.3, -0.25) is 0 Å². The van der Waals surface area contributed by atoms with Gasteiger partial charge in [0.2, 0.25) is 5.88 Å². The average molecular weight is 208 g/mol. The molecule has 0 saturated carbocycles. The Balaban J connectivity index is 2.57. The molecule has 3 nitrogen and oxygen atoms in total. The fourth-order valence-electron chi connectivity index (χ4n) is 1.43. The zero-order valence-corrected chi connectivity index (χ0v) is 9.73. The van der Waals surface area contributed by atoms with Gasteiger partial charge in [0.05, 0.1) is 7.11 Å². The van der Waals surface area contributed by atoms with Crippen LogP contribution in [0.4, 0.5) is 0 Å². The van der Waals surface area contributed by atoms with E-state index >= 15 is 0 Å². The molecule has 2 unspecified atom stereocenters. The third-order valence-electron chi connectivity index (χ3n) is 2.85. The Bertz CT molecular complexity index is 284. The van der Waals surface area contributed by atoms with Gasteiger partial charge in [-0.2, -0.15) is 0 Å². The summed E-state index contributed by atoms with van der Waals surface area (Å²) in [5.74, 6) is 1.20. The van der Waals surface area contributed by atoms with Crippen molar-refractivity contribution in [2.24, 2.45) is 11.7 Å². The minimum atomic E-state index is 0.213. The molecule has 0 bridgehead atoms. The fraction of sp³-hybridized carbons (Fsp3) is 0.583. The van der Waals surface area contributed by atoms with E-state index in [1.807, 2.05) is 18.3 Å².